The van der Waals surface area contributed by atoms with E-state index in [1.807, 2.05) is 19.9 Å². The second-order valence-corrected chi connectivity index (χ2v) is 7.03. The Hall–Kier alpha value is -1.10. The van der Waals surface area contributed by atoms with Gasteiger partial charge in [0.2, 0.25) is 5.91 Å². The molecule has 1 saturated carbocycles. The summed E-state index contributed by atoms with van der Waals surface area (Å²) in [5.41, 5.74) is 5.94. The predicted molar refractivity (Wildman–Crippen MR) is 83.2 cm³/mol. The molecule has 3 N–H and O–H groups in total. The van der Waals surface area contributed by atoms with Gasteiger partial charge in [-0.2, -0.15) is 0 Å². The van der Waals surface area contributed by atoms with Gasteiger partial charge in [0.25, 0.3) is 0 Å². The van der Waals surface area contributed by atoms with Crippen LogP contribution in [0.4, 0.5) is 5.69 Å². The molecule has 2 fully saturated rings. The zero-order valence-electron chi connectivity index (χ0n) is 12.4. The molecule has 3 unspecified atom stereocenters. The van der Waals surface area contributed by atoms with Gasteiger partial charge in [0.05, 0.1) is 6.10 Å². The number of halogens is 1. The number of benzene rings is 1. The standard InChI is InChI=1S/C16H21ClN2O2/c1-15(2)13-12(7-4-8-21-13)16(15,18)14(20)19-11-6-3-5-10(17)9-11/h3,5-6,9,12-13H,4,7-8,18H2,1-2H3,(H,19,20). The molecule has 5 heteroatoms. The van der Waals surface area contributed by atoms with Crippen molar-refractivity contribution in [2.24, 2.45) is 17.1 Å². The van der Waals surface area contributed by atoms with Gasteiger partial charge in [-0.1, -0.05) is 31.5 Å². The van der Waals surface area contributed by atoms with Crippen LogP contribution >= 0.6 is 11.6 Å². The average Bonchev–Trinajstić information content (AvgIpc) is 2.46. The fourth-order valence-corrected chi connectivity index (χ4v) is 4.03. The molecule has 0 spiro atoms. The molecule has 1 aromatic rings. The van der Waals surface area contributed by atoms with E-state index in [0.717, 1.165) is 19.4 Å². The van der Waals surface area contributed by atoms with Gasteiger partial charge >= 0.3 is 0 Å². The summed E-state index contributed by atoms with van der Waals surface area (Å²) in [6, 6.07) is 7.12. The van der Waals surface area contributed by atoms with Crippen molar-refractivity contribution in [3.63, 3.8) is 0 Å². The van der Waals surface area contributed by atoms with Crippen molar-refractivity contribution in [3.05, 3.63) is 29.3 Å². The van der Waals surface area contributed by atoms with Gasteiger partial charge in [-0.25, -0.2) is 0 Å². The molecule has 114 valence electrons. The Morgan fingerprint density at radius 1 is 1.48 bits per heavy atom. The third kappa shape index (κ3) is 2.08. The molecule has 4 nitrogen and oxygen atoms in total. The molecule has 1 aliphatic carbocycles. The van der Waals surface area contributed by atoms with Gasteiger partial charge in [-0.05, 0) is 31.0 Å². The minimum absolute atomic E-state index is 0.0707. The number of fused-ring (bicyclic) bond motifs is 1. The number of ether oxygens (including phenoxy) is 1. The quantitative estimate of drug-likeness (QED) is 0.883. The Labute approximate surface area is 130 Å². The van der Waals surface area contributed by atoms with Crippen molar-refractivity contribution in [1.29, 1.82) is 0 Å². The molecule has 1 aliphatic heterocycles. The SMILES string of the molecule is CC1(C)C2OCCCC2C1(N)C(=O)Nc1cccc(Cl)c1. The number of amides is 1. The highest BCUT2D eigenvalue weighted by molar-refractivity contribution is 6.30. The average molecular weight is 309 g/mol. The number of hydrogen-bond donors (Lipinski definition) is 2. The largest absolute Gasteiger partial charge is 0.377 e. The lowest BCUT2D eigenvalue weighted by atomic mass is 9.46. The van der Waals surface area contributed by atoms with Crippen molar-refractivity contribution in [1.82, 2.24) is 0 Å². The molecule has 2 aliphatic rings. The van der Waals surface area contributed by atoms with Crippen molar-refractivity contribution in [2.75, 3.05) is 11.9 Å². The molecular weight excluding hydrogens is 288 g/mol. The molecule has 0 radical (unpaired) electrons. The number of anilines is 1. The maximum Gasteiger partial charge on any atom is 0.245 e. The second-order valence-electron chi connectivity index (χ2n) is 6.60. The van der Waals surface area contributed by atoms with Crippen LogP contribution in [0.2, 0.25) is 5.02 Å². The summed E-state index contributed by atoms with van der Waals surface area (Å²) in [5.74, 6) is -0.0676. The first-order chi connectivity index (χ1) is 9.87. The van der Waals surface area contributed by atoms with Crippen LogP contribution in [0.15, 0.2) is 24.3 Å². The van der Waals surface area contributed by atoms with E-state index in [0.29, 0.717) is 10.7 Å². The van der Waals surface area contributed by atoms with Crippen molar-refractivity contribution in [2.45, 2.75) is 38.3 Å². The summed E-state index contributed by atoms with van der Waals surface area (Å²) < 4.78 is 5.83. The van der Waals surface area contributed by atoms with E-state index >= 15 is 0 Å². The zero-order valence-corrected chi connectivity index (χ0v) is 13.1. The first-order valence-electron chi connectivity index (χ1n) is 7.35. The first kappa shape index (κ1) is 14.8. The fourth-order valence-electron chi connectivity index (χ4n) is 3.84. The lowest BCUT2D eigenvalue weighted by Gasteiger charge is -2.65. The van der Waals surface area contributed by atoms with E-state index in [9.17, 15) is 4.79 Å². The first-order valence-corrected chi connectivity index (χ1v) is 7.72. The maximum atomic E-state index is 12.8. The second kappa shape index (κ2) is 4.97. The number of carbonyl (C=O) groups is 1. The highest BCUT2D eigenvalue weighted by Crippen LogP contribution is 2.57. The molecule has 0 bridgehead atoms. The van der Waals surface area contributed by atoms with Crippen LogP contribution in [-0.2, 0) is 9.53 Å². The van der Waals surface area contributed by atoms with E-state index in [4.69, 9.17) is 22.1 Å². The summed E-state index contributed by atoms with van der Waals surface area (Å²) in [4.78, 5) is 12.8. The van der Waals surface area contributed by atoms with Gasteiger partial charge in [0.15, 0.2) is 0 Å². The van der Waals surface area contributed by atoms with Gasteiger partial charge in [-0.15, -0.1) is 0 Å². The smallest absolute Gasteiger partial charge is 0.245 e. The van der Waals surface area contributed by atoms with Gasteiger partial charge in [0, 0.05) is 28.6 Å². The van der Waals surface area contributed by atoms with Crippen LogP contribution in [0.25, 0.3) is 0 Å². The molecule has 1 heterocycles. The topological polar surface area (TPSA) is 64.3 Å². The normalized spacial score (nSPS) is 33.7. The molecule has 3 rings (SSSR count). The number of carbonyl (C=O) groups excluding carboxylic acids is 1. The van der Waals surface area contributed by atoms with Gasteiger partial charge in [-0.3, -0.25) is 4.79 Å². The Kier molecular flexibility index (Phi) is 3.51. The molecule has 1 amide bonds. The molecule has 1 saturated heterocycles. The number of rotatable bonds is 2. The van der Waals surface area contributed by atoms with Crippen LogP contribution < -0.4 is 11.1 Å². The molecule has 0 aromatic heterocycles. The van der Waals surface area contributed by atoms with Gasteiger partial charge < -0.3 is 15.8 Å². The lowest BCUT2D eigenvalue weighted by Crippen LogP contribution is -2.81. The predicted octanol–water partition coefficient (Wildman–Crippen LogP) is 2.81. The molecule has 3 atom stereocenters. The molecule has 1 aromatic carbocycles. The summed E-state index contributed by atoms with van der Waals surface area (Å²) in [6.45, 7) is 4.78. The Balaban J connectivity index is 1.83. The summed E-state index contributed by atoms with van der Waals surface area (Å²) >= 11 is 5.95. The van der Waals surface area contributed by atoms with Crippen molar-refractivity contribution in [3.8, 4) is 0 Å². The van der Waals surface area contributed by atoms with Crippen LogP contribution in [0.1, 0.15) is 26.7 Å². The fraction of sp³-hybridized carbons (Fsp3) is 0.562. The highest BCUT2D eigenvalue weighted by Gasteiger charge is 2.70. The van der Waals surface area contributed by atoms with Crippen molar-refractivity contribution >= 4 is 23.2 Å². The van der Waals surface area contributed by atoms with E-state index in [-0.39, 0.29) is 23.3 Å². The highest BCUT2D eigenvalue weighted by atomic mass is 35.5. The summed E-state index contributed by atoms with van der Waals surface area (Å²) in [6.07, 6.45) is 1.97. The number of hydrogen-bond acceptors (Lipinski definition) is 3. The van der Waals surface area contributed by atoms with Crippen LogP contribution in [0, 0.1) is 11.3 Å². The van der Waals surface area contributed by atoms with Crippen molar-refractivity contribution < 1.29 is 9.53 Å². The van der Waals surface area contributed by atoms with Crippen LogP contribution in [0.3, 0.4) is 0 Å². The van der Waals surface area contributed by atoms with E-state index < -0.39 is 5.54 Å². The Morgan fingerprint density at radius 3 is 2.95 bits per heavy atom. The van der Waals surface area contributed by atoms with E-state index in [2.05, 4.69) is 5.32 Å². The molecule has 21 heavy (non-hydrogen) atoms. The monoisotopic (exact) mass is 308 g/mol. The zero-order chi connectivity index (χ0) is 15.3. The minimum atomic E-state index is -0.902. The molecular formula is C16H21ClN2O2. The van der Waals surface area contributed by atoms with Crippen LogP contribution in [-0.4, -0.2) is 24.2 Å². The van der Waals surface area contributed by atoms with E-state index in [1.54, 1.807) is 18.2 Å². The number of nitrogens with one attached hydrogen (secondary N) is 1. The van der Waals surface area contributed by atoms with Crippen LogP contribution in [0.5, 0.6) is 0 Å². The summed E-state index contributed by atoms with van der Waals surface area (Å²) in [7, 11) is 0. The third-order valence-corrected chi connectivity index (χ3v) is 5.38. The number of nitrogens with two attached hydrogens (primary N) is 1. The lowest BCUT2D eigenvalue weighted by molar-refractivity contribution is -0.222. The Morgan fingerprint density at radius 2 is 2.24 bits per heavy atom. The maximum absolute atomic E-state index is 12.8. The van der Waals surface area contributed by atoms with E-state index in [1.165, 1.54) is 0 Å². The Bertz CT molecular complexity index is 575. The van der Waals surface area contributed by atoms with Gasteiger partial charge in [0.1, 0.15) is 5.54 Å². The minimum Gasteiger partial charge on any atom is -0.377 e. The third-order valence-electron chi connectivity index (χ3n) is 5.14. The summed E-state index contributed by atoms with van der Waals surface area (Å²) in [5, 5.41) is 3.50.